The molecular formula is C15H24BrNO. The van der Waals surface area contributed by atoms with E-state index in [0.29, 0.717) is 0 Å². The van der Waals surface area contributed by atoms with Crippen LogP contribution in [0.25, 0.3) is 0 Å². The number of ether oxygens (including phenoxy) is 1. The van der Waals surface area contributed by atoms with Crippen LogP contribution < -0.4 is 5.32 Å². The van der Waals surface area contributed by atoms with Gasteiger partial charge in [0.2, 0.25) is 0 Å². The van der Waals surface area contributed by atoms with E-state index in [1.807, 2.05) is 0 Å². The van der Waals surface area contributed by atoms with Crippen LogP contribution in [0.3, 0.4) is 0 Å². The number of likely N-dealkylation sites (N-methyl/N-ethyl adjacent to an activating group) is 1. The summed E-state index contributed by atoms with van der Waals surface area (Å²) in [6.07, 6.45) is 1.07. The van der Waals surface area contributed by atoms with Crippen molar-refractivity contribution in [3.63, 3.8) is 0 Å². The zero-order valence-corrected chi connectivity index (χ0v) is 13.4. The van der Waals surface area contributed by atoms with Crippen LogP contribution in [-0.2, 0) is 4.74 Å². The van der Waals surface area contributed by atoms with E-state index in [1.54, 1.807) is 0 Å². The van der Waals surface area contributed by atoms with Crippen LogP contribution in [-0.4, -0.2) is 19.8 Å². The van der Waals surface area contributed by atoms with Gasteiger partial charge in [-0.15, -0.1) is 0 Å². The minimum absolute atomic E-state index is 0.284. The Balaban J connectivity index is 2.84. The summed E-state index contributed by atoms with van der Waals surface area (Å²) in [5.41, 5.74) is 3.87. The minimum Gasteiger partial charge on any atom is -0.379 e. The van der Waals surface area contributed by atoms with E-state index in [-0.39, 0.29) is 6.04 Å². The number of rotatable bonds is 7. The van der Waals surface area contributed by atoms with Gasteiger partial charge in [0.15, 0.2) is 0 Å². The third-order valence-corrected chi connectivity index (χ3v) is 4.20. The molecule has 1 rings (SSSR count). The highest BCUT2D eigenvalue weighted by atomic mass is 79.9. The molecule has 0 heterocycles. The zero-order valence-electron chi connectivity index (χ0n) is 11.8. The summed E-state index contributed by atoms with van der Waals surface area (Å²) in [6, 6.07) is 4.76. The maximum Gasteiger partial charge on any atom is 0.0661 e. The van der Waals surface area contributed by atoms with Crippen LogP contribution in [0.1, 0.15) is 43.0 Å². The fourth-order valence-electron chi connectivity index (χ4n) is 2.05. The van der Waals surface area contributed by atoms with Crippen LogP contribution in [0.2, 0.25) is 0 Å². The van der Waals surface area contributed by atoms with Crippen molar-refractivity contribution in [2.45, 2.75) is 40.2 Å². The largest absolute Gasteiger partial charge is 0.379 e. The Morgan fingerprint density at radius 3 is 2.33 bits per heavy atom. The number of benzene rings is 1. The van der Waals surface area contributed by atoms with Crippen LogP contribution in [0.5, 0.6) is 0 Å². The van der Waals surface area contributed by atoms with E-state index in [2.05, 4.69) is 61.1 Å². The summed E-state index contributed by atoms with van der Waals surface area (Å²) in [5.74, 6) is 0. The van der Waals surface area contributed by atoms with E-state index in [0.717, 1.165) is 26.2 Å². The Morgan fingerprint density at radius 2 is 1.83 bits per heavy atom. The molecule has 0 bridgehead atoms. The number of halogens is 1. The molecule has 2 nitrogen and oxygen atoms in total. The van der Waals surface area contributed by atoms with Gasteiger partial charge in [-0.2, -0.15) is 0 Å². The van der Waals surface area contributed by atoms with Crippen molar-refractivity contribution in [3.05, 3.63) is 33.3 Å². The fraction of sp³-hybridized carbons (Fsp3) is 0.600. The smallest absolute Gasteiger partial charge is 0.0661 e. The molecule has 0 fully saturated rings. The van der Waals surface area contributed by atoms with Gasteiger partial charge >= 0.3 is 0 Å². The Labute approximate surface area is 119 Å². The van der Waals surface area contributed by atoms with Gasteiger partial charge in [-0.05, 0) is 43.5 Å². The van der Waals surface area contributed by atoms with Crippen LogP contribution in [0.4, 0.5) is 0 Å². The maximum atomic E-state index is 5.69. The van der Waals surface area contributed by atoms with Crippen LogP contribution in [0, 0.1) is 13.8 Å². The molecule has 1 aromatic rings. The van der Waals surface area contributed by atoms with Gasteiger partial charge in [0.05, 0.1) is 12.6 Å². The molecule has 0 saturated carbocycles. The highest BCUT2D eigenvalue weighted by Gasteiger charge is 2.12. The average molecular weight is 314 g/mol. The number of nitrogens with one attached hydrogen (secondary N) is 1. The summed E-state index contributed by atoms with van der Waals surface area (Å²) < 4.78 is 6.89. The van der Waals surface area contributed by atoms with Crippen molar-refractivity contribution in [1.82, 2.24) is 5.32 Å². The lowest BCUT2D eigenvalue weighted by atomic mass is 10.0. The first-order valence-electron chi connectivity index (χ1n) is 6.67. The van der Waals surface area contributed by atoms with Gasteiger partial charge in [-0.25, -0.2) is 0 Å². The Morgan fingerprint density at radius 1 is 1.22 bits per heavy atom. The summed E-state index contributed by atoms with van der Waals surface area (Å²) >= 11 is 3.61. The molecule has 1 unspecified atom stereocenters. The molecule has 1 atom stereocenters. The van der Waals surface area contributed by atoms with Crippen molar-refractivity contribution in [2.24, 2.45) is 0 Å². The summed E-state index contributed by atoms with van der Waals surface area (Å²) in [6.45, 7) is 11.1. The quantitative estimate of drug-likeness (QED) is 0.764. The second kappa shape index (κ2) is 7.93. The fourth-order valence-corrected chi connectivity index (χ4v) is 2.27. The first-order chi connectivity index (χ1) is 8.60. The Kier molecular flexibility index (Phi) is 6.90. The Hall–Kier alpha value is -0.380. The van der Waals surface area contributed by atoms with Crippen molar-refractivity contribution in [3.8, 4) is 0 Å². The molecular weight excluding hydrogens is 290 g/mol. The maximum absolute atomic E-state index is 5.69. The minimum atomic E-state index is 0.284. The van der Waals surface area contributed by atoms with Crippen molar-refractivity contribution in [2.75, 3.05) is 19.8 Å². The molecule has 0 amide bonds. The molecule has 0 aliphatic heterocycles. The highest BCUT2D eigenvalue weighted by molar-refractivity contribution is 9.10. The molecule has 3 heteroatoms. The van der Waals surface area contributed by atoms with Crippen LogP contribution >= 0.6 is 15.9 Å². The molecule has 0 aromatic heterocycles. The zero-order chi connectivity index (χ0) is 13.5. The average Bonchev–Trinajstić information content (AvgIpc) is 2.34. The normalized spacial score (nSPS) is 12.7. The topological polar surface area (TPSA) is 21.3 Å². The predicted octanol–water partition coefficient (Wildman–Crippen LogP) is 4.14. The monoisotopic (exact) mass is 313 g/mol. The van der Waals surface area contributed by atoms with Crippen molar-refractivity contribution >= 4 is 15.9 Å². The number of hydrogen-bond acceptors (Lipinski definition) is 2. The third kappa shape index (κ3) is 4.38. The second-order valence-corrected chi connectivity index (χ2v) is 5.45. The highest BCUT2D eigenvalue weighted by Crippen LogP contribution is 2.25. The van der Waals surface area contributed by atoms with Gasteiger partial charge in [-0.1, -0.05) is 41.9 Å². The summed E-state index contributed by atoms with van der Waals surface area (Å²) in [7, 11) is 0. The van der Waals surface area contributed by atoms with E-state index < -0.39 is 0 Å². The first-order valence-corrected chi connectivity index (χ1v) is 7.47. The standard InChI is InChI=1S/C15H24BrNO/c1-5-7-18-10-14(17-6-2)13-8-11(3)15(16)12(4)9-13/h8-9,14,17H,5-7,10H2,1-4H3. The SMILES string of the molecule is CCCOCC(NCC)c1cc(C)c(Br)c(C)c1. The second-order valence-electron chi connectivity index (χ2n) is 4.65. The van der Waals surface area contributed by atoms with Crippen molar-refractivity contribution in [1.29, 1.82) is 0 Å². The van der Waals surface area contributed by atoms with E-state index >= 15 is 0 Å². The van der Waals surface area contributed by atoms with Gasteiger partial charge in [0.25, 0.3) is 0 Å². The van der Waals surface area contributed by atoms with E-state index in [9.17, 15) is 0 Å². The molecule has 0 radical (unpaired) electrons. The molecule has 0 spiro atoms. The van der Waals surface area contributed by atoms with E-state index in [1.165, 1.54) is 21.2 Å². The van der Waals surface area contributed by atoms with Gasteiger partial charge in [0.1, 0.15) is 0 Å². The molecule has 1 aromatic carbocycles. The lowest BCUT2D eigenvalue weighted by Gasteiger charge is -2.20. The molecule has 0 aliphatic carbocycles. The number of hydrogen-bond donors (Lipinski definition) is 1. The number of aryl methyl sites for hydroxylation is 2. The molecule has 0 saturated heterocycles. The first kappa shape index (κ1) is 15.7. The predicted molar refractivity (Wildman–Crippen MR) is 81.1 cm³/mol. The van der Waals surface area contributed by atoms with E-state index in [4.69, 9.17) is 4.74 Å². The molecule has 1 N–H and O–H groups in total. The Bertz CT molecular complexity index is 356. The van der Waals surface area contributed by atoms with Gasteiger partial charge < -0.3 is 10.1 Å². The van der Waals surface area contributed by atoms with Crippen molar-refractivity contribution < 1.29 is 4.74 Å². The van der Waals surface area contributed by atoms with Crippen LogP contribution in [0.15, 0.2) is 16.6 Å². The summed E-state index contributed by atoms with van der Waals surface area (Å²) in [4.78, 5) is 0. The lowest BCUT2D eigenvalue weighted by molar-refractivity contribution is 0.112. The summed E-state index contributed by atoms with van der Waals surface area (Å²) in [5, 5.41) is 3.49. The molecule has 102 valence electrons. The molecule has 0 aliphatic rings. The molecule has 18 heavy (non-hydrogen) atoms. The van der Waals surface area contributed by atoms with Gasteiger partial charge in [-0.3, -0.25) is 0 Å². The lowest BCUT2D eigenvalue weighted by Crippen LogP contribution is -2.25. The van der Waals surface area contributed by atoms with Gasteiger partial charge in [0, 0.05) is 11.1 Å². The third-order valence-electron chi connectivity index (χ3n) is 2.94.